The van der Waals surface area contributed by atoms with Gasteiger partial charge >= 0.3 is 6.01 Å². The summed E-state index contributed by atoms with van der Waals surface area (Å²) in [6.45, 7) is 5.05. The normalized spacial score (nSPS) is 10.2. The molecule has 0 aliphatic heterocycles. The Labute approximate surface area is 122 Å². The van der Waals surface area contributed by atoms with Crippen LogP contribution >= 0.6 is 0 Å². The van der Waals surface area contributed by atoms with Crippen LogP contribution < -0.4 is 15.4 Å². The second-order valence-corrected chi connectivity index (χ2v) is 4.23. The van der Waals surface area contributed by atoms with Crippen molar-refractivity contribution in [2.75, 3.05) is 23.8 Å². The van der Waals surface area contributed by atoms with E-state index in [9.17, 15) is 4.39 Å². The fraction of sp³-hybridized carbons (Fsp3) is 0.357. The third-order valence-corrected chi connectivity index (χ3v) is 2.54. The van der Waals surface area contributed by atoms with E-state index in [4.69, 9.17) is 4.74 Å². The van der Waals surface area contributed by atoms with Gasteiger partial charge in [0, 0.05) is 6.54 Å². The Balaban J connectivity index is 2.24. The zero-order valence-corrected chi connectivity index (χ0v) is 12.1. The molecule has 0 fully saturated rings. The number of nitrogens with one attached hydrogen (secondary N) is 2. The summed E-state index contributed by atoms with van der Waals surface area (Å²) in [6.07, 6.45) is 0.936. The predicted molar refractivity (Wildman–Crippen MR) is 79.5 cm³/mol. The standard InChI is InChI=1S/C14H18FN5O/c1-3-9-16-12-18-13(20-14(19-12)21-4-2)17-11-8-6-5-7-10(11)15/h5-8H,3-4,9H2,1-2H3,(H2,16,17,18,19,20). The summed E-state index contributed by atoms with van der Waals surface area (Å²) in [7, 11) is 0. The topological polar surface area (TPSA) is 72.0 Å². The minimum Gasteiger partial charge on any atom is -0.464 e. The zero-order chi connectivity index (χ0) is 15.1. The number of halogens is 1. The lowest BCUT2D eigenvalue weighted by Crippen LogP contribution is -2.10. The van der Waals surface area contributed by atoms with E-state index in [2.05, 4.69) is 25.6 Å². The van der Waals surface area contributed by atoms with Crippen molar-refractivity contribution in [1.82, 2.24) is 15.0 Å². The van der Waals surface area contributed by atoms with Crippen LogP contribution in [0.25, 0.3) is 0 Å². The molecule has 0 saturated carbocycles. The van der Waals surface area contributed by atoms with Crippen LogP contribution in [0.1, 0.15) is 20.3 Å². The van der Waals surface area contributed by atoms with E-state index in [0.717, 1.165) is 13.0 Å². The van der Waals surface area contributed by atoms with E-state index in [1.165, 1.54) is 6.07 Å². The number of ether oxygens (including phenoxy) is 1. The van der Waals surface area contributed by atoms with Crippen LogP contribution in [0.3, 0.4) is 0 Å². The smallest absolute Gasteiger partial charge is 0.323 e. The maximum Gasteiger partial charge on any atom is 0.323 e. The molecule has 7 heteroatoms. The first kappa shape index (κ1) is 15.0. The Morgan fingerprint density at radius 2 is 1.86 bits per heavy atom. The van der Waals surface area contributed by atoms with Crippen LogP contribution in [0.4, 0.5) is 22.0 Å². The Kier molecular flexibility index (Phi) is 5.25. The van der Waals surface area contributed by atoms with Crippen LogP contribution in [-0.4, -0.2) is 28.1 Å². The quantitative estimate of drug-likeness (QED) is 0.817. The van der Waals surface area contributed by atoms with Gasteiger partial charge in [0.05, 0.1) is 12.3 Å². The highest BCUT2D eigenvalue weighted by atomic mass is 19.1. The first-order valence-corrected chi connectivity index (χ1v) is 6.87. The molecule has 2 rings (SSSR count). The van der Waals surface area contributed by atoms with Crippen molar-refractivity contribution in [3.8, 4) is 6.01 Å². The third-order valence-electron chi connectivity index (χ3n) is 2.54. The predicted octanol–water partition coefficient (Wildman–Crippen LogP) is 2.97. The lowest BCUT2D eigenvalue weighted by molar-refractivity contribution is 0.312. The van der Waals surface area contributed by atoms with Crippen molar-refractivity contribution in [1.29, 1.82) is 0 Å². The molecule has 2 N–H and O–H groups in total. The molecule has 1 heterocycles. The maximum atomic E-state index is 13.6. The number of aromatic nitrogens is 3. The second kappa shape index (κ2) is 7.37. The Morgan fingerprint density at radius 1 is 1.10 bits per heavy atom. The molecule has 0 aliphatic rings. The van der Waals surface area contributed by atoms with Crippen molar-refractivity contribution in [3.63, 3.8) is 0 Å². The van der Waals surface area contributed by atoms with E-state index in [-0.39, 0.29) is 17.8 Å². The van der Waals surface area contributed by atoms with Gasteiger partial charge in [0.1, 0.15) is 5.82 Å². The molecule has 0 aliphatic carbocycles. The van der Waals surface area contributed by atoms with Gasteiger partial charge in [-0.25, -0.2) is 4.39 Å². The van der Waals surface area contributed by atoms with Crippen molar-refractivity contribution in [2.45, 2.75) is 20.3 Å². The van der Waals surface area contributed by atoms with Gasteiger partial charge in [0.25, 0.3) is 0 Å². The molecule has 0 bridgehead atoms. The molecular weight excluding hydrogens is 273 g/mol. The molecule has 6 nitrogen and oxygen atoms in total. The number of hydrogen-bond donors (Lipinski definition) is 2. The third kappa shape index (κ3) is 4.27. The molecule has 21 heavy (non-hydrogen) atoms. The highest BCUT2D eigenvalue weighted by Gasteiger charge is 2.09. The van der Waals surface area contributed by atoms with Crippen molar-refractivity contribution in [2.24, 2.45) is 0 Å². The molecule has 2 aromatic rings. The van der Waals surface area contributed by atoms with Gasteiger partial charge in [-0.15, -0.1) is 0 Å². The number of para-hydroxylation sites is 1. The van der Waals surface area contributed by atoms with Gasteiger partial charge in [0.15, 0.2) is 0 Å². The van der Waals surface area contributed by atoms with Crippen LogP contribution in [0, 0.1) is 5.82 Å². The van der Waals surface area contributed by atoms with Gasteiger partial charge in [-0.1, -0.05) is 19.1 Å². The minimum absolute atomic E-state index is 0.199. The number of anilines is 3. The van der Waals surface area contributed by atoms with Gasteiger partial charge < -0.3 is 15.4 Å². The van der Waals surface area contributed by atoms with E-state index in [1.807, 2.05) is 13.8 Å². The first-order chi connectivity index (χ1) is 10.2. The monoisotopic (exact) mass is 291 g/mol. The minimum atomic E-state index is -0.376. The number of hydrogen-bond acceptors (Lipinski definition) is 6. The fourth-order valence-corrected chi connectivity index (χ4v) is 1.60. The average molecular weight is 291 g/mol. The van der Waals surface area contributed by atoms with Crippen molar-refractivity contribution in [3.05, 3.63) is 30.1 Å². The van der Waals surface area contributed by atoms with Crippen molar-refractivity contribution < 1.29 is 9.13 Å². The Morgan fingerprint density at radius 3 is 2.57 bits per heavy atom. The number of rotatable bonds is 7. The van der Waals surface area contributed by atoms with Gasteiger partial charge in [-0.05, 0) is 25.5 Å². The first-order valence-electron chi connectivity index (χ1n) is 6.87. The summed E-state index contributed by atoms with van der Waals surface area (Å²) >= 11 is 0. The van der Waals surface area contributed by atoms with Gasteiger partial charge in [-0.3, -0.25) is 0 Å². The Hall–Kier alpha value is -2.44. The van der Waals surface area contributed by atoms with Crippen LogP contribution in [0.2, 0.25) is 0 Å². The van der Waals surface area contributed by atoms with E-state index >= 15 is 0 Å². The van der Waals surface area contributed by atoms with Crippen LogP contribution in [0.5, 0.6) is 6.01 Å². The maximum absolute atomic E-state index is 13.6. The number of benzene rings is 1. The fourth-order valence-electron chi connectivity index (χ4n) is 1.60. The lowest BCUT2D eigenvalue weighted by Gasteiger charge is -2.10. The highest BCUT2D eigenvalue weighted by Crippen LogP contribution is 2.19. The Bertz CT molecular complexity index is 593. The van der Waals surface area contributed by atoms with E-state index < -0.39 is 0 Å². The lowest BCUT2D eigenvalue weighted by atomic mass is 10.3. The highest BCUT2D eigenvalue weighted by molar-refractivity contribution is 5.54. The number of nitrogens with zero attached hydrogens (tertiary/aromatic N) is 3. The summed E-state index contributed by atoms with van der Waals surface area (Å²) < 4.78 is 18.9. The van der Waals surface area contributed by atoms with Gasteiger partial charge in [0.2, 0.25) is 11.9 Å². The van der Waals surface area contributed by atoms with E-state index in [0.29, 0.717) is 18.2 Å². The summed E-state index contributed by atoms with van der Waals surface area (Å²) in [6, 6.07) is 6.52. The largest absolute Gasteiger partial charge is 0.464 e. The summed E-state index contributed by atoms with van der Waals surface area (Å²) in [5.74, 6) is 0.255. The summed E-state index contributed by atoms with van der Waals surface area (Å²) in [5, 5.41) is 5.89. The van der Waals surface area contributed by atoms with Crippen LogP contribution in [0.15, 0.2) is 24.3 Å². The molecule has 1 aromatic carbocycles. The second-order valence-electron chi connectivity index (χ2n) is 4.23. The summed E-state index contributed by atoms with van der Waals surface area (Å²) in [4.78, 5) is 12.4. The van der Waals surface area contributed by atoms with Crippen molar-refractivity contribution >= 4 is 17.6 Å². The summed E-state index contributed by atoms with van der Waals surface area (Å²) in [5.41, 5.74) is 0.299. The molecule has 0 saturated heterocycles. The molecular formula is C14H18FN5O. The molecule has 0 amide bonds. The van der Waals surface area contributed by atoms with Gasteiger partial charge in [-0.2, -0.15) is 15.0 Å². The van der Waals surface area contributed by atoms with E-state index in [1.54, 1.807) is 18.2 Å². The molecule has 0 atom stereocenters. The molecule has 1 aromatic heterocycles. The molecule has 0 radical (unpaired) electrons. The molecule has 0 unspecified atom stereocenters. The molecule has 112 valence electrons. The molecule has 0 spiro atoms. The SMILES string of the molecule is CCCNc1nc(Nc2ccccc2F)nc(OCC)n1. The average Bonchev–Trinajstić information content (AvgIpc) is 2.48. The zero-order valence-electron chi connectivity index (χ0n) is 12.1. The van der Waals surface area contributed by atoms with Crippen LogP contribution in [-0.2, 0) is 0 Å².